The number of benzene rings is 2. The van der Waals surface area contributed by atoms with Crippen molar-refractivity contribution < 1.29 is 14.3 Å². The van der Waals surface area contributed by atoms with Crippen molar-refractivity contribution in [2.75, 3.05) is 18.2 Å². The second-order valence-electron chi connectivity index (χ2n) is 4.52. The Kier molecular flexibility index (Phi) is 4.66. The topological polar surface area (TPSA) is 73.6 Å². The average molecular weight is 286 g/mol. The largest absolute Gasteiger partial charge is 0.495 e. The molecular weight excluding hydrogens is 268 g/mol. The molecule has 2 rings (SSSR count). The third-order valence-corrected chi connectivity index (χ3v) is 2.91. The van der Waals surface area contributed by atoms with Gasteiger partial charge in [-0.05, 0) is 31.2 Å². The van der Waals surface area contributed by atoms with E-state index in [-0.39, 0.29) is 5.91 Å². The zero-order chi connectivity index (χ0) is 15.2. The highest BCUT2D eigenvalue weighted by Gasteiger charge is 2.16. The highest BCUT2D eigenvalue weighted by Crippen LogP contribution is 2.23. The van der Waals surface area contributed by atoms with E-state index in [9.17, 15) is 4.79 Å². The van der Waals surface area contributed by atoms with Crippen LogP contribution in [0.4, 0.5) is 11.4 Å². The first-order valence-electron chi connectivity index (χ1n) is 6.56. The molecular formula is C16H18N2O3. The van der Waals surface area contributed by atoms with Crippen LogP contribution >= 0.6 is 0 Å². The predicted octanol–water partition coefficient (Wildman–Crippen LogP) is 2.68. The van der Waals surface area contributed by atoms with Gasteiger partial charge in [0.25, 0.3) is 5.91 Å². The number of nitrogens with two attached hydrogens (primary N) is 1. The monoisotopic (exact) mass is 286 g/mol. The molecule has 0 fully saturated rings. The van der Waals surface area contributed by atoms with Crippen molar-refractivity contribution in [3.8, 4) is 11.5 Å². The number of nitrogens with one attached hydrogen (secondary N) is 1. The van der Waals surface area contributed by atoms with Crippen molar-refractivity contribution in [3.63, 3.8) is 0 Å². The van der Waals surface area contributed by atoms with E-state index >= 15 is 0 Å². The van der Waals surface area contributed by atoms with Crippen LogP contribution < -0.4 is 20.5 Å². The molecule has 1 amide bonds. The molecule has 5 nitrogen and oxygen atoms in total. The van der Waals surface area contributed by atoms with Gasteiger partial charge in [-0.3, -0.25) is 4.79 Å². The molecule has 3 N–H and O–H groups in total. The first-order chi connectivity index (χ1) is 10.1. The Morgan fingerprint density at radius 1 is 1.19 bits per heavy atom. The Balaban J connectivity index is 2.02. The van der Waals surface area contributed by atoms with Crippen LogP contribution in [0.15, 0.2) is 48.5 Å². The molecule has 0 aliphatic heterocycles. The highest BCUT2D eigenvalue weighted by atomic mass is 16.5. The molecule has 0 spiro atoms. The van der Waals surface area contributed by atoms with Crippen LogP contribution in [0.1, 0.15) is 6.92 Å². The number of rotatable bonds is 5. The molecule has 0 saturated heterocycles. The molecule has 2 aromatic rings. The van der Waals surface area contributed by atoms with Crippen molar-refractivity contribution in [2.24, 2.45) is 0 Å². The summed E-state index contributed by atoms with van der Waals surface area (Å²) >= 11 is 0. The van der Waals surface area contributed by atoms with Crippen molar-refractivity contribution >= 4 is 17.3 Å². The van der Waals surface area contributed by atoms with E-state index in [1.54, 1.807) is 50.4 Å². The molecule has 1 atom stereocenters. The zero-order valence-corrected chi connectivity index (χ0v) is 12.0. The minimum Gasteiger partial charge on any atom is -0.495 e. The zero-order valence-electron chi connectivity index (χ0n) is 12.0. The lowest BCUT2D eigenvalue weighted by atomic mass is 10.2. The SMILES string of the molecule is COc1ccccc1NC(=O)[C@H](C)Oc1cccc(N)c1. The maximum atomic E-state index is 12.1. The van der Waals surface area contributed by atoms with Gasteiger partial charge >= 0.3 is 0 Å². The fourth-order valence-corrected chi connectivity index (χ4v) is 1.83. The maximum absolute atomic E-state index is 12.1. The fraction of sp³-hybridized carbons (Fsp3) is 0.188. The normalized spacial score (nSPS) is 11.5. The number of methoxy groups -OCH3 is 1. The van der Waals surface area contributed by atoms with Gasteiger partial charge in [-0.25, -0.2) is 0 Å². The van der Waals surface area contributed by atoms with Crippen LogP contribution in [0.25, 0.3) is 0 Å². The fourth-order valence-electron chi connectivity index (χ4n) is 1.83. The summed E-state index contributed by atoms with van der Waals surface area (Å²) in [5.74, 6) is 0.890. The van der Waals surface area contributed by atoms with Crippen molar-refractivity contribution in [2.45, 2.75) is 13.0 Å². The molecule has 21 heavy (non-hydrogen) atoms. The highest BCUT2D eigenvalue weighted by molar-refractivity contribution is 5.95. The van der Waals surface area contributed by atoms with E-state index < -0.39 is 6.10 Å². The quantitative estimate of drug-likeness (QED) is 0.829. The number of anilines is 2. The minimum absolute atomic E-state index is 0.262. The standard InChI is InChI=1S/C16H18N2O3/c1-11(21-13-7-5-6-12(17)10-13)16(19)18-14-8-3-4-9-15(14)20-2/h3-11H,17H2,1-2H3,(H,18,19)/t11-/m0/s1. The molecule has 0 bridgehead atoms. The van der Waals surface area contributed by atoms with Gasteiger partial charge in [-0.1, -0.05) is 18.2 Å². The van der Waals surface area contributed by atoms with E-state index in [1.807, 2.05) is 12.1 Å². The first-order valence-corrected chi connectivity index (χ1v) is 6.56. The lowest BCUT2D eigenvalue weighted by molar-refractivity contribution is -0.122. The molecule has 0 heterocycles. The first kappa shape index (κ1) is 14.7. The van der Waals surface area contributed by atoms with Gasteiger partial charge < -0.3 is 20.5 Å². The summed E-state index contributed by atoms with van der Waals surface area (Å²) in [5.41, 5.74) is 6.87. The molecule has 0 aromatic heterocycles. The number of hydrogen-bond donors (Lipinski definition) is 2. The number of carbonyl (C=O) groups excluding carboxylic acids is 1. The van der Waals surface area contributed by atoms with E-state index in [4.69, 9.17) is 15.2 Å². The van der Waals surface area contributed by atoms with Crippen molar-refractivity contribution in [3.05, 3.63) is 48.5 Å². The number of nitrogen functional groups attached to an aromatic ring is 1. The molecule has 0 unspecified atom stereocenters. The molecule has 0 saturated carbocycles. The van der Waals surface area contributed by atoms with E-state index in [1.165, 1.54) is 0 Å². The molecule has 2 aromatic carbocycles. The average Bonchev–Trinajstić information content (AvgIpc) is 2.47. The summed E-state index contributed by atoms with van der Waals surface area (Å²) in [6.07, 6.45) is -0.656. The Labute approximate surface area is 123 Å². The van der Waals surface area contributed by atoms with Gasteiger partial charge in [0.2, 0.25) is 0 Å². The van der Waals surface area contributed by atoms with E-state index in [0.29, 0.717) is 22.9 Å². The number of para-hydroxylation sites is 2. The van der Waals surface area contributed by atoms with Gasteiger partial charge in [0.15, 0.2) is 6.10 Å². The van der Waals surface area contributed by atoms with Gasteiger partial charge in [0.1, 0.15) is 11.5 Å². The van der Waals surface area contributed by atoms with Crippen LogP contribution in [-0.4, -0.2) is 19.1 Å². The second-order valence-corrected chi connectivity index (χ2v) is 4.52. The molecule has 0 aliphatic rings. The Bertz CT molecular complexity index is 628. The summed E-state index contributed by atoms with van der Waals surface area (Å²) in [6.45, 7) is 1.67. The van der Waals surface area contributed by atoms with Crippen molar-refractivity contribution in [1.82, 2.24) is 0 Å². The molecule has 0 aliphatic carbocycles. The molecule has 5 heteroatoms. The second kappa shape index (κ2) is 6.65. The lowest BCUT2D eigenvalue weighted by Gasteiger charge is -2.16. The van der Waals surface area contributed by atoms with Crippen LogP contribution in [0, 0.1) is 0 Å². The number of ether oxygens (including phenoxy) is 2. The summed E-state index contributed by atoms with van der Waals surface area (Å²) < 4.78 is 10.8. The van der Waals surface area contributed by atoms with Crippen LogP contribution in [0.3, 0.4) is 0 Å². The third kappa shape index (κ3) is 3.89. The summed E-state index contributed by atoms with van der Waals surface area (Å²) in [4.78, 5) is 12.1. The number of carbonyl (C=O) groups is 1. The number of amides is 1. The van der Waals surface area contributed by atoms with Gasteiger partial charge in [0.05, 0.1) is 12.8 Å². The van der Waals surface area contributed by atoms with Gasteiger partial charge in [0, 0.05) is 11.8 Å². The molecule has 110 valence electrons. The molecule has 0 radical (unpaired) electrons. The Hall–Kier alpha value is -2.69. The minimum atomic E-state index is -0.656. The van der Waals surface area contributed by atoms with Gasteiger partial charge in [-0.2, -0.15) is 0 Å². The van der Waals surface area contributed by atoms with Crippen LogP contribution in [0.2, 0.25) is 0 Å². The summed E-state index contributed by atoms with van der Waals surface area (Å²) in [5, 5.41) is 2.78. The smallest absolute Gasteiger partial charge is 0.265 e. The van der Waals surface area contributed by atoms with Gasteiger partial charge in [-0.15, -0.1) is 0 Å². The van der Waals surface area contributed by atoms with Crippen LogP contribution in [0.5, 0.6) is 11.5 Å². The summed E-state index contributed by atoms with van der Waals surface area (Å²) in [6, 6.07) is 14.2. The lowest BCUT2D eigenvalue weighted by Crippen LogP contribution is -2.30. The Morgan fingerprint density at radius 2 is 1.95 bits per heavy atom. The number of hydrogen-bond acceptors (Lipinski definition) is 4. The van der Waals surface area contributed by atoms with E-state index in [2.05, 4.69) is 5.32 Å². The summed E-state index contributed by atoms with van der Waals surface area (Å²) in [7, 11) is 1.55. The Morgan fingerprint density at radius 3 is 2.67 bits per heavy atom. The van der Waals surface area contributed by atoms with E-state index in [0.717, 1.165) is 0 Å². The predicted molar refractivity (Wildman–Crippen MR) is 82.6 cm³/mol. The van der Waals surface area contributed by atoms with Crippen LogP contribution in [-0.2, 0) is 4.79 Å². The third-order valence-electron chi connectivity index (χ3n) is 2.91. The van der Waals surface area contributed by atoms with Crippen molar-refractivity contribution in [1.29, 1.82) is 0 Å². The maximum Gasteiger partial charge on any atom is 0.265 e.